The average Bonchev–Trinajstić information content (AvgIpc) is 2.32. The first kappa shape index (κ1) is 13.0. The second-order valence-electron chi connectivity index (χ2n) is 4.26. The van der Waals surface area contributed by atoms with Crippen LogP contribution in [0.4, 0.5) is 0 Å². The summed E-state index contributed by atoms with van der Waals surface area (Å²) in [5.74, 6) is 0.649. The third kappa shape index (κ3) is 2.86. The van der Waals surface area contributed by atoms with Gasteiger partial charge in [-0.1, -0.05) is 29.3 Å². The smallest absolute Gasteiger partial charge is 0.161 e. The number of hydrogen-bond donors (Lipinski definition) is 0. The van der Waals surface area contributed by atoms with Gasteiger partial charge in [-0.15, -0.1) is 0 Å². The summed E-state index contributed by atoms with van der Waals surface area (Å²) in [5.41, 5.74) is 4.10. The Labute approximate surface area is 112 Å². The summed E-state index contributed by atoms with van der Waals surface area (Å²) < 4.78 is 5.08. The number of methoxy groups -OCH3 is 1. The van der Waals surface area contributed by atoms with Crippen molar-refractivity contribution in [2.45, 2.75) is 20.5 Å². The fraction of sp³-hybridized carbons (Fsp3) is 0.286. The topological polar surface area (TPSA) is 35.0 Å². The maximum atomic E-state index is 6.02. The summed E-state index contributed by atoms with van der Waals surface area (Å²) in [5, 5.41) is 0.438. The van der Waals surface area contributed by atoms with Gasteiger partial charge in [-0.2, -0.15) is 0 Å². The van der Waals surface area contributed by atoms with Gasteiger partial charge in [-0.3, -0.25) is 0 Å². The summed E-state index contributed by atoms with van der Waals surface area (Å²) in [4.78, 5) is 8.76. The lowest BCUT2D eigenvalue weighted by Gasteiger charge is -2.08. The standard InChI is InChI=1S/C14H15ClN2O/c1-9-4-5-10(2)12(6-9)14-16-11(8-18-3)7-13(15)17-14/h4-7H,8H2,1-3H3. The summed E-state index contributed by atoms with van der Waals surface area (Å²) in [6.45, 7) is 4.51. The van der Waals surface area contributed by atoms with Gasteiger partial charge in [0.25, 0.3) is 0 Å². The summed E-state index contributed by atoms with van der Waals surface area (Å²) in [7, 11) is 1.63. The third-order valence-electron chi connectivity index (χ3n) is 2.67. The Kier molecular flexibility index (Phi) is 3.94. The van der Waals surface area contributed by atoms with E-state index in [2.05, 4.69) is 28.2 Å². The van der Waals surface area contributed by atoms with Crippen molar-refractivity contribution in [3.8, 4) is 11.4 Å². The molecular weight excluding hydrogens is 248 g/mol. The molecule has 0 saturated heterocycles. The average molecular weight is 263 g/mol. The SMILES string of the molecule is COCc1cc(Cl)nc(-c2cc(C)ccc2C)n1. The number of aromatic nitrogens is 2. The largest absolute Gasteiger partial charge is 0.378 e. The van der Waals surface area contributed by atoms with Crippen molar-refractivity contribution in [1.29, 1.82) is 0 Å². The second kappa shape index (κ2) is 5.46. The third-order valence-corrected chi connectivity index (χ3v) is 2.87. The Morgan fingerprint density at radius 2 is 1.94 bits per heavy atom. The number of ether oxygens (including phenoxy) is 1. The highest BCUT2D eigenvalue weighted by Gasteiger charge is 2.08. The Balaban J connectivity index is 2.52. The first-order chi connectivity index (χ1) is 8.60. The van der Waals surface area contributed by atoms with Crippen LogP contribution in [0, 0.1) is 13.8 Å². The van der Waals surface area contributed by atoms with Gasteiger partial charge in [0.15, 0.2) is 5.82 Å². The fourth-order valence-electron chi connectivity index (χ4n) is 1.78. The molecule has 94 valence electrons. The minimum Gasteiger partial charge on any atom is -0.378 e. The van der Waals surface area contributed by atoms with Crippen molar-refractivity contribution in [2.75, 3.05) is 7.11 Å². The second-order valence-corrected chi connectivity index (χ2v) is 4.64. The fourth-order valence-corrected chi connectivity index (χ4v) is 1.99. The molecule has 0 bridgehead atoms. The van der Waals surface area contributed by atoms with E-state index in [1.54, 1.807) is 13.2 Å². The molecule has 0 unspecified atom stereocenters. The van der Waals surface area contributed by atoms with E-state index in [0.717, 1.165) is 16.8 Å². The molecule has 0 N–H and O–H groups in total. The lowest BCUT2D eigenvalue weighted by molar-refractivity contribution is 0.181. The number of aryl methyl sites for hydroxylation is 2. The van der Waals surface area contributed by atoms with Crippen molar-refractivity contribution in [1.82, 2.24) is 9.97 Å². The van der Waals surface area contributed by atoms with Crippen molar-refractivity contribution in [2.24, 2.45) is 0 Å². The molecule has 0 amide bonds. The van der Waals surface area contributed by atoms with Crippen LogP contribution in [-0.2, 0) is 11.3 Å². The van der Waals surface area contributed by atoms with E-state index in [4.69, 9.17) is 16.3 Å². The number of halogens is 1. The Morgan fingerprint density at radius 1 is 1.17 bits per heavy atom. The van der Waals surface area contributed by atoms with E-state index in [1.807, 2.05) is 13.8 Å². The van der Waals surface area contributed by atoms with Gasteiger partial charge < -0.3 is 4.74 Å². The lowest BCUT2D eigenvalue weighted by Crippen LogP contribution is -1.99. The molecule has 0 atom stereocenters. The highest BCUT2D eigenvalue weighted by molar-refractivity contribution is 6.29. The van der Waals surface area contributed by atoms with Gasteiger partial charge >= 0.3 is 0 Å². The molecule has 0 aliphatic carbocycles. The van der Waals surface area contributed by atoms with Gasteiger partial charge in [-0.25, -0.2) is 9.97 Å². The van der Waals surface area contributed by atoms with E-state index in [0.29, 0.717) is 17.6 Å². The van der Waals surface area contributed by atoms with Crippen LogP contribution in [-0.4, -0.2) is 17.1 Å². The maximum Gasteiger partial charge on any atom is 0.161 e. The lowest BCUT2D eigenvalue weighted by atomic mass is 10.1. The van der Waals surface area contributed by atoms with Crippen molar-refractivity contribution >= 4 is 11.6 Å². The van der Waals surface area contributed by atoms with Crippen molar-refractivity contribution in [3.05, 3.63) is 46.2 Å². The van der Waals surface area contributed by atoms with E-state index in [9.17, 15) is 0 Å². The summed E-state index contributed by atoms with van der Waals surface area (Å²) in [6, 6.07) is 7.92. The monoisotopic (exact) mass is 262 g/mol. The molecule has 4 heteroatoms. The first-order valence-corrected chi connectivity index (χ1v) is 6.08. The van der Waals surface area contributed by atoms with Gasteiger partial charge in [0.05, 0.1) is 12.3 Å². The summed E-state index contributed by atoms with van der Waals surface area (Å²) >= 11 is 6.02. The van der Waals surface area contributed by atoms with Gasteiger partial charge in [-0.05, 0) is 31.5 Å². The van der Waals surface area contributed by atoms with Crippen LogP contribution in [0.5, 0.6) is 0 Å². The van der Waals surface area contributed by atoms with Crippen LogP contribution in [0.15, 0.2) is 24.3 Å². The predicted octanol–water partition coefficient (Wildman–Crippen LogP) is 3.56. The molecule has 0 aliphatic heterocycles. The molecule has 0 fully saturated rings. The van der Waals surface area contributed by atoms with Crippen LogP contribution < -0.4 is 0 Å². The molecule has 1 aromatic heterocycles. The normalized spacial score (nSPS) is 10.7. The molecule has 3 nitrogen and oxygen atoms in total. The number of benzene rings is 1. The summed E-state index contributed by atoms with van der Waals surface area (Å²) in [6.07, 6.45) is 0. The predicted molar refractivity (Wildman–Crippen MR) is 72.7 cm³/mol. The van der Waals surface area contributed by atoms with Crippen LogP contribution in [0.2, 0.25) is 5.15 Å². The number of hydrogen-bond acceptors (Lipinski definition) is 3. The Morgan fingerprint density at radius 3 is 2.67 bits per heavy atom. The van der Waals surface area contributed by atoms with Crippen LogP contribution in [0.3, 0.4) is 0 Å². The molecular formula is C14H15ClN2O. The zero-order valence-electron chi connectivity index (χ0n) is 10.7. The van der Waals surface area contributed by atoms with Crippen molar-refractivity contribution in [3.63, 3.8) is 0 Å². The van der Waals surface area contributed by atoms with Crippen LogP contribution in [0.1, 0.15) is 16.8 Å². The Bertz CT molecular complexity index is 570. The number of nitrogens with zero attached hydrogens (tertiary/aromatic N) is 2. The highest BCUT2D eigenvalue weighted by Crippen LogP contribution is 2.23. The van der Waals surface area contributed by atoms with Crippen molar-refractivity contribution < 1.29 is 4.74 Å². The molecule has 0 radical (unpaired) electrons. The Hall–Kier alpha value is -1.45. The molecule has 0 aliphatic rings. The molecule has 1 aromatic carbocycles. The molecule has 18 heavy (non-hydrogen) atoms. The number of rotatable bonds is 3. The maximum absolute atomic E-state index is 6.02. The van der Waals surface area contributed by atoms with Gasteiger partial charge in [0, 0.05) is 12.7 Å². The first-order valence-electron chi connectivity index (χ1n) is 5.70. The van der Waals surface area contributed by atoms with E-state index >= 15 is 0 Å². The molecule has 1 heterocycles. The van der Waals surface area contributed by atoms with Gasteiger partial charge in [0.2, 0.25) is 0 Å². The molecule has 2 rings (SSSR count). The zero-order valence-corrected chi connectivity index (χ0v) is 11.5. The van der Waals surface area contributed by atoms with Crippen LogP contribution >= 0.6 is 11.6 Å². The molecule has 2 aromatic rings. The highest BCUT2D eigenvalue weighted by atomic mass is 35.5. The van der Waals surface area contributed by atoms with Crippen LogP contribution in [0.25, 0.3) is 11.4 Å². The van der Waals surface area contributed by atoms with E-state index in [-0.39, 0.29) is 0 Å². The van der Waals surface area contributed by atoms with E-state index in [1.165, 1.54) is 5.56 Å². The minimum absolute atomic E-state index is 0.431. The molecule has 0 spiro atoms. The molecule has 0 saturated carbocycles. The zero-order chi connectivity index (χ0) is 13.1. The minimum atomic E-state index is 0.431. The quantitative estimate of drug-likeness (QED) is 0.794. The van der Waals surface area contributed by atoms with Gasteiger partial charge in [0.1, 0.15) is 5.15 Å². The van der Waals surface area contributed by atoms with E-state index < -0.39 is 0 Å².